The minimum atomic E-state index is -3.26. The van der Waals surface area contributed by atoms with Crippen molar-refractivity contribution >= 4 is 21.7 Å². The highest BCUT2D eigenvalue weighted by Gasteiger charge is 2.34. The maximum Gasteiger partial charge on any atom is 0.328 e. The molecule has 0 radical (unpaired) electrons. The van der Waals surface area contributed by atoms with Gasteiger partial charge in [0, 0.05) is 13.0 Å². The topological polar surface area (TPSA) is 101 Å². The number of morpholine rings is 1. The number of rotatable bonds is 5. The van der Waals surface area contributed by atoms with Gasteiger partial charge in [0.05, 0.1) is 24.2 Å². The second kappa shape index (κ2) is 6.74. The lowest BCUT2D eigenvalue weighted by atomic mass is 10.2. The van der Waals surface area contributed by atoms with Gasteiger partial charge in [0.15, 0.2) is 15.9 Å². The van der Waals surface area contributed by atoms with Gasteiger partial charge >= 0.3 is 5.97 Å². The minimum absolute atomic E-state index is 0.0452. The fourth-order valence-corrected chi connectivity index (χ4v) is 4.74. The number of aliphatic carboxylic acids is 1. The van der Waals surface area contributed by atoms with Gasteiger partial charge in [0.2, 0.25) is 5.91 Å². The van der Waals surface area contributed by atoms with Crippen molar-refractivity contribution in [1.29, 1.82) is 0 Å². The lowest BCUT2D eigenvalue weighted by Crippen LogP contribution is -2.52. The quantitative estimate of drug-likeness (QED) is 0.768. The van der Waals surface area contributed by atoms with E-state index in [2.05, 4.69) is 0 Å². The van der Waals surface area contributed by atoms with E-state index in [-0.39, 0.29) is 37.2 Å². The Hall–Kier alpha value is -1.15. The maximum atomic E-state index is 12.1. The van der Waals surface area contributed by atoms with E-state index in [1.54, 1.807) is 0 Å². The number of ether oxygens (including phenoxy) is 1. The summed E-state index contributed by atoms with van der Waals surface area (Å²) in [6.45, 7) is 0.431. The summed E-state index contributed by atoms with van der Waals surface area (Å²) in [5, 5.41) is 8.74. The molecular formula is C13H21NO6S. The molecule has 0 aromatic heterocycles. The van der Waals surface area contributed by atoms with Crippen molar-refractivity contribution in [2.75, 3.05) is 25.5 Å². The Kier molecular flexibility index (Phi) is 5.21. The summed E-state index contributed by atoms with van der Waals surface area (Å²) in [4.78, 5) is 24.4. The van der Waals surface area contributed by atoms with E-state index >= 15 is 0 Å². The van der Waals surface area contributed by atoms with Crippen LogP contribution in [0.1, 0.15) is 32.1 Å². The minimum Gasteiger partial charge on any atom is -0.480 e. The highest BCUT2D eigenvalue weighted by Crippen LogP contribution is 2.25. The third kappa shape index (κ3) is 3.94. The Morgan fingerprint density at radius 3 is 2.52 bits per heavy atom. The number of hydrogen-bond acceptors (Lipinski definition) is 5. The molecule has 1 amide bonds. The summed E-state index contributed by atoms with van der Waals surface area (Å²) in [6, 6.07) is -1.01. The molecule has 2 rings (SSSR count). The molecule has 2 fully saturated rings. The van der Waals surface area contributed by atoms with Crippen LogP contribution < -0.4 is 0 Å². The van der Waals surface area contributed by atoms with Crippen LogP contribution in [-0.4, -0.2) is 67.1 Å². The van der Waals surface area contributed by atoms with Gasteiger partial charge < -0.3 is 14.7 Å². The number of nitrogens with zero attached hydrogens (tertiary/aromatic N) is 1. The predicted molar refractivity (Wildman–Crippen MR) is 74.6 cm³/mol. The number of carboxylic acids is 1. The second-order valence-corrected chi connectivity index (χ2v) is 7.94. The molecule has 1 N–H and O–H groups in total. The van der Waals surface area contributed by atoms with Crippen molar-refractivity contribution in [3.63, 3.8) is 0 Å². The molecule has 0 spiro atoms. The molecule has 21 heavy (non-hydrogen) atoms. The van der Waals surface area contributed by atoms with Gasteiger partial charge in [-0.05, 0) is 12.8 Å². The fraction of sp³-hybridized carbons (Fsp3) is 0.846. The van der Waals surface area contributed by atoms with Crippen LogP contribution in [0.4, 0.5) is 0 Å². The summed E-state index contributed by atoms with van der Waals surface area (Å²) < 4.78 is 29.3. The zero-order chi connectivity index (χ0) is 15.5. The lowest BCUT2D eigenvalue weighted by molar-refractivity contribution is -0.158. The van der Waals surface area contributed by atoms with Crippen molar-refractivity contribution in [3.05, 3.63) is 0 Å². The van der Waals surface area contributed by atoms with Gasteiger partial charge in [-0.3, -0.25) is 4.79 Å². The summed E-state index contributed by atoms with van der Waals surface area (Å²) in [7, 11) is -3.26. The lowest BCUT2D eigenvalue weighted by Gasteiger charge is -2.33. The molecule has 0 aromatic rings. The standard InChI is InChI=1S/C13H21NO6S/c15-12(14-6-7-20-9-11(14)13(16)17)5-8-21(18,19)10-3-1-2-4-10/h10-11H,1-9H2,(H,16,17). The van der Waals surface area contributed by atoms with Gasteiger partial charge in [0.25, 0.3) is 0 Å². The average molecular weight is 319 g/mol. The molecule has 0 bridgehead atoms. The molecule has 1 aliphatic heterocycles. The van der Waals surface area contributed by atoms with E-state index in [4.69, 9.17) is 9.84 Å². The summed E-state index contributed by atoms with van der Waals surface area (Å²) in [5.74, 6) is -1.74. The first kappa shape index (κ1) is 16.2. The van der Waals surface area contributed by atoms with E-state index in [1.165, 1.54) is 4.90 Å². The Morgan fingerprint density at radius 2 is 1.90 bits per heavy atom. The first-order valence-corrected chi connectivity index (χ1v) is 8.95. The molecule has 7 nitrogen and oxygen atoms in total. The second-order valence-electron chi connectivity index (χ2n) is 5.54. The van der Waals surface area contributed by atoms with Crippen LogP contribution in [0.25, 0.3) is 0 Å². The Bertz CT molecular complexity index is 497. The largest absolute Gasteiger partial charge is 0.480 e. The number of carbonyl (C=O) groups excluding carboxylic acids is 1. The van der Waals surface area contributed by atoms with E-state index in [9.17, 15) is 18.0 Å². The zero-order valence-corrected chi connectivity index (χ0v) is 12.7. The molecule has 8 heteroatoms. The van der Waals surface area contributed by atoms with Crippen LogP contribution in [0, 0.1) is 0 Å². The first-order chi connectivity index (χ1) is 9.92. The van der Waals surface area contributed by atoms with Crippen LogP contribution in [-0.2, 0) is 24.2 Å². The first-order valence-electron chi connectivity index (χ1n) is 7.23. The van der Waals surface area contributed by atoms with Crippen LogP contribution in [0.2, 0.25) is 0 Å². The van der Waals surface area contributed by atoms with Gasteiger partial charge in [-0.1, -0.05) is 12.8 Å². The van der Waals surface area contributed by atoms with Crippen molar-refractivity contribution < 1.29 is 27.9 Å². The number of sulfone groups is 1. The van der Waals surface area contributed by atoms with Gasteiger partial charge in [0.1, 0.15) is 0 Å². The molecule has 2 aliphatic rings. The highest BCUT2D eigenvalue weighted by atomic mass is 32.2. The molecule has 0 aromatic carbocycles. The third-order valence-corrected chi connectivity index (χ3v) is 6.40. The molecular weight excluding hydrogens is 298 g/mol. The molecule has 1 saturated heterocycles. The van der Waals surface area contributed by atoms with Crippen molar-refractivity contribution in [1.82, 2.24) is 4.90 Å². The monoisotopic (exact) mass is 319 g/mol. The maximum absolute atomic E-state index is 12.1. The van der Waals surface area contributed by atoms with Crippen LogP contribution in [0.5, 0.6) is 0 Å². The molecule has 1 atom stereocenters. The summed E-state index contributed by atoms with van der Waals surface area (Å²) in [5.41, 5.74) is 0. The van der Waals surface area contributed by atoms with E-state index in [0.29, 0.717) is 12.8 Å². The Balaban J connectivity index is 1.92. The summed E-state index contributed by atoms with van der Waals surface area (Å²) >= 11 is 0. The predicted octanol–water partition coefficient (Wildman–Crippen LogP) is 0.0459. The van der Waals surface area contributed by atoms with Crippen molar-refractivity contribution in [3.8, 4) is 0 Å². The number of carboxylic acid groups (broad SMARTS) is 1. The van der Waals surface area contributed by atoms with Crippen LogP contribution >= 0.6 is 0 Å². The SMILES string of the molecule is O=C(O)C1COCCN1C(=O)CCS(=O)(=O)C1CCCC1. The Labute approximate surface area is 124 Å². The molecule has 1 heterocycles. The van der Waals surface area contributed by atoms with E-state index < -0.39 is 27.8 Å². The van der Waals surface area contributed by atoms with E-state index in [1.807, 2.05) is 0 Å². The Morgan fingerprint density at radius 1 is 1.24 bits per heavy atom. The highest BCUT2D eigenvalue weighted by molar-refractivity contribution is 7.92. The molecule has 1 unspecified atom stereocenters. The smallest absolute Gasteiger partial charge is 0.328 e. The van der Waals surface area contributed by atoms with Gasteiger partial charge in [-0.2, -0.15) is 0 Å². The van der Waals surface area contributed by atoms with Crippen molar-refractivity contribution in [2.45, 2.75) is 43.4 Å². The summed E-state index contributed by atoms with van der Waals surface area (Å²) in [6.07, 6.45) is 3.03. The molecule has 120 valence electrons. The molecule has 1 saturated carbocycles. The normalized spacial score (nSPS) is 24.2. The fourth-order valence-electron chi connectivity index (χ4n) is 2.89. The van der Waals surface area contributed by atoms with E-state index in [0.717, 1.165) is 12.8 Å². The van der Waals surface area contributed by atoms with Crippen LogP contribution in [0.15, 0.2) is 0 Å². The third-order valence-electron chi connectivity index (χ3n) is 4.14. The number of hydrogen-bond donors (Lipinski definition) is 1. The van der Waals surface area contributed by atoms with Crippen molar-refractivity contribution in [2.24, 2.45) is 0 Å². The average Bonchev–Trinajstić information content (AvgIpc) is 3.00. The zero-order valence-electron chi connectivity index (χ0n) is 11.9. The van der Waals surface area contributed by atoms with Crippen LogP contribution in [0.3, 0.4) is 0 Å². The number of carbonyl (C=O) groups is 2. The number of amides is 1. The van der Waals surface area contributed by atoms with Gasteiger partial charge in [-0.15, -0.1) is 0 Å². The molecule has 1 aliphatic carbocycles. The van der Waals surface area contributed by atoms with Gasteiger partial charge in [-0.25, -0.2) is 13.2 Å².